The van der Waals surface area contributed by atoms with Crippen molar-refractivity contribution in [2.75, 3.05) is 39.3 Å². The molecular weight excluding hydrogens is 222 g/mol. The smallest absolute Gasteiger partial charge is 0.0113 e. The van der Waals surface area contributed by atoms with Crippen LogP contribution in [0.15, 0.2) is 0 Å². The van der Waals surface area contributed by atoms with Crippen LogP contribution in [0.1, 0.15) is 44.9 Å². The molecular formula is C15H29N3. The van der Waals surface area contributed by atoms with E-state index in [4.69, 9.17) is 0 Å². The van der Waals surface area contributed by atoms with E-state index in [1.165, 1.54) is 84.2 Å². The second-order valence-corrected chi connectivity index (χ2v) is 6.34. The van der Waals surface area contributed by atoms with Gasteiger partial charge in [0.05, 0.1) is 0 Å². The molecule has 3 nitrogen and oxygen atoms in total. The van der Waals surface area contributed by atoms with Gasteiger partial charge in [-0.2, -0.15) is 0 Å². The molecule has 0 radical (unpaired) electrons. The fourth-order valence-electron chi connectivity index (χ4n) is 4.10. The molecule has 0 spiro atoms. The molecule has 18 heavy (non-hydrogen) atoms. The van der Waals surface area contributed by atoms with Gasteiger partial charge in [-0.1, -0.05) is 12.8 Å². The number of nitrogens with one attached hydrogen (secondary N) is 1. The summed E-state index contributed by atoms with van der Waals surface area (Å²) in [6.07, 6.45) is 10.0. The monoisotopic (exact) mass is 251 g/mol. The highest BCUT2D eigenvalue weighted by Crippen LogP contribution is 2.25. The van der Waals surface area contributed by atoms with E-state index in [0.29, 0.717) is 0 Å². The summed E-state index contributed by atoms with van der Waals surface area (Å²) in [6.45, 7) is 7.76. The van der Waals surface area contributed by atoms with E-state index in [-0.39, 0.29) is 0 Å². The lowest BCUT2D eigenvalue weighted by molar-refractivity contribution is 0.0663. The Bertz CT molecular complexity index is 234. The van der Waals surface area contributed by atoms with Gasteiger partial charge in [0.2, 0.25) is 0 Å². The molecule has 1 saturated carbocycles. The number of hydrogen-bond acceptors (Lipinski definition) is 3. The van der Waals surface area contributed by atoms with Gasteiger partial charge in [0.1, 0.15) is 0 Å². The van der Waals surface area contributed by atoms with Gasteiger partial charge in [0, 0.05) is 38.3 Å². The standard InChI is InChI=1S/C15H29N3/c1-2-5-14(4-1)17-10-12-18(13-11-17)15-6-3-8-16-9-7-15/h14-16H,1-13H2. The molecule has 1 atom stereocenters. The molecule has 1 unspecified atom stereocenters. The molecule has 3 fully saturated rings. The number of piperazine rings is 1. The number of rotatable bonds is 2. The third-order valence-electron chi connectivity index (χ3n) is 5.25. The molecule has 0 aromatic heterocycles. The molecule has 0 amide bonds. The summed E-state index contributed by atoms with van der Waals surface area (Å²) < 4.78 is 0. The summed E-state index contributed by atoms with van der Waals surface area (Å²) in [5.41, 5.74) is 0. The average Bonchev–Trinajstić information content (AvgIpc) is 2.82. The summed E-state index contributed by atoms with van der Waals surface area (Å²) in [5, 5.41) is 3.53. The lowest BCUT2D eigenvalue weighted by Gasteiger charge is -2.41. The van der Waals surface area contributed by atoms with Gasteiger partial charge in [0.25, 0.3) is 0 Å². The first-order chi connectivity index (χ1) is 8.93. The Balaban J connectivity index is 1.46. The molecule has 2 aliphatic heterocycles. The second-order valence-electron chi connectivity index (χ2n) is 6.34. The Morgan fingerprint density at radius 1 is 0.611 bits per heavy atom. The lowest BCUT2D eigenvalue weighted by atomic mass is 10.1. The van der Waals surface area contributed by atoms with E-state index >= 15 is 0 Å². The maximum Gasteiger partial charge on any atom is 0.0113 e. The SMILES string of the molecule is C1CCC(N2CCN(C3CCCNCC3)CC2)C1. The fraction of sp³-hybridized carbons (Fsp3) is 1.00. The van der Waals surface area contributed by atoms with Crippen LogP contribution in [-0.4, -0.2) is 61.2 Å². The second kappa shape index (κ2) is 6.36. The van der Waals surface area contributed by atoms with Crippen LogP contribution in [0.5, 0.6) is 0 Å². The molecule has 1 N–H and O–H groups in total. The Labute approximate surface area is 112 Å². The van der Waals surface area contributed by atoms with E-state index in [9.17, 15) is 0 Å². The minimum Gasteiger partial charge on any atom is -0.317 e. The van der Waals surface area contributed by atoms with Crippen molar-refractivity contribution in [1.82, 2.24) is 15.1 Å². The van der Waals surface area contributed by atoms with Gasteiger partial charge in [-0.3, -0.25) is 9.80 Å². The highest BCUT2D eigenvalue weighted by Gasteiger charge is 2.28. The zero-order valence-corrected chi connectivity index (χ0v) is 11.7. The quantitative estimate of drug-likeness (QED) is 0.806. The third-order valence-corrected chi connectivity index (χ3v) is 5.25. The van der Waals surface area contributed by atoms with Crippen LogP contribution in [-0.2, 0) is 0 Å². The van der Waals surface area contributed by atoms with Crippen LogP contribution in [0.3, 0.4) is 0 Å². The van der Waals surface area contributed by atoms with Crippen molar-refractivity contribution in [2.45, 2.75) is 57.0 Å². The Hall–Kier alpha value is -0.120. The minimum absolute atomic E-state index is 0.866. The Kier molecular flexibility index (Phi) is 4.55. The third kappa shape index (κ3) is 3.06. The van der Waals surface area contributed by atoms with Crippen molar-refractivity contribution in [1.29, 1.82) is 0 Å². The van der Waals surface area contributed by atoms with E-state index < -0.39 is 0 Å². The number of hydrogen-bond donors (Lipinski definition) is 1. The van der Waals surface area contributed by atoms with Crippen molar-refractivity contribution < 1.29 is 0 Å². The van der Waals surface area contributed by atoms with Crippen LogP contribution >= 0.6 is 0 Å². The van der Waals surface area contributed by atoms with Crippen LogP contribution in [0.25, 0.3) is 0 Å². The molecule has 3 aliphatic rings. The summed E-state index contributed by atoms with van der Waals surface area (Å²) in [4.78, 5) is 5.55. The first kappa shape index (κ1) is 12.9. The maximum atomic E-state index is 3.53. The van der Waals surface area contributed by atoms with Gasteiger partial charge in [-0.05, 0) is 45.2 Å². The molecule has 2 saturated heterocycles. The van der Waals surface area contributed by atoms with Crippen LogP contribution < -0.4 is 5.32 Å². The topological polar surface area (TPSA) is 18.5 Å². The van der Waals surface area contributed by atoms with Crippen LogP contribution in [0.4, 0.5) is 0 Å². The van der Waals surface area contributed by atoms with Gasteiger partial charge in [-0.15, -0.1) is 0 Å². The predicted octanol–water partition coefficient (Wildman–Crippen LogP) is 1.69. The number of nitrogens with zero attached hydrogens (tertiary/aromatic N) is 2. The van der Waals surface area contributed by atoms with Crippen molar-refractivity contribution in [2.24, 2.45) is 0 Å². The van der Waals surface area contributed by atoms with Crippen molar-refractivity contribution in [3.63, 3.8) is 0 Å². The van der Waals surface area contributed by atoms with Gasteiger partial charge in [0.15, 0.2) is 0 Å². The van der Waals surface area contributed by atoms with Gasteiger partial charge in [-0.25, -0.2) is 0 Å². The van der Waals surface area contributed by atoms with Crippen molar-refractivity contribution in [3.8, 4) is 0 Å². The summed E-state index contributed by atoms with van der Waals surface area (Å²) in [5.74, 6) is 0. The Morgan fingerprint density at radius 2 is 1.17 bits per heavy atom. The molecule has 104 valence electrons. The summed E-state index contributed by atoms with van der Waals surface area (Å²) in [7, 11) is 0. The molecule has 3 heteroatoms. The zero-order chi connectivity index (χ0) is 12.2. The molecule has 3 rings (SSSR count). The normalized spacial score (nSPS) is 33.7. The minimum atomic E-state index is 0.866. The zero-order valence-electron chi connectivity index (χ0n) is 11.7. The molecule has 2 heterocycles. The van der Waals surface area contributed by atoms with Gasteiger partial charge < -0.3 is 5.32 Å². The van der Waals surface area contributed by atoms with Crippen LogP contribution in [0, 0.1) is 0 Å². The lowest BCUT2D eigenvalue weighted by Crippen LogP contribution is -2.52. The van der Waals surface area contributed by atoms with Crippen molar-refractivity contribution >= 4 is 0 Å². The summed E-state index contributed by atoms with van der Waals surface area (Å²) >= 11 is 0. The summed E-state index contributed by atoms with van der Waals surface area (Å²) in [6, 6.07) is 1.80. The van der Waals surface area contributed by atoms with Crippen molar-refractivity contribution in [3.05, 3.63) is 0 Å². The van der Waals surface area contributed by atoms with E-state index in [2.05, 4.69) is 15.1 Å². The van der Waals surface area contributed by atoms with Crippen LogP contribution in [0.2, 0.25) is 0 Å². The van der Waals surface area contributed by atoms with E-state index in [1.807, 2.05) is 0 Å². The van der Waals surface area contributed by atoms with Gasteiger partial charge >= 0.3 is 0 Å². The van der Waals surface area contributed by atoms with E-state index in [1.54, 1.807) is 0 Å². The molecule has 1 aliphatic carbocycles. The molecule has 0 aromatic carbocycles. The maximum absolute atomic E-state index is 3.53. The fourth-order valence-corrected chi connectivity index (χ4v) is 4.10. The molecule has 0 bridgehead atoms. The highest BCUT2D eigenvalue weighted by molar-refractivity contribution is 4.85. The first-order valence-corrected chi connectivity index (χ1v) is 8.12. The largest absolute Gasteiger partial charge is 0.317 e. The Morgan fingerprint density at radius 3 is 1.83 bits per heavy atom. The molecule has 0 aromatic rings. The average molecular weight is 251 g/mol. The first-order valence-electron chi connectivity index (χ1n) is 8.12. The predicted molar refractivity (Wildman–Crippen MR) is 75.9 cm³/mol. The highest BCUT2D eigenvalue weighted by atomic mass is 15.3. The van der Waals surface area contributed by atoms with E-state index in [0.717, 1.165) is 12.1 Å².